The Morgan fingerprint density at radius 1 is 1.06 bits per heavy atom. The number of anilines is 1. The molecule has 1 aromatic heterocycles. The molecular formula is C15H21N3. The molecule has 3 heteroatoms. The van der Waals surface area contributed by atoms with Gasteiger partial charge in [0.25, 0.3) is 0 Å². The van der Waals surface area contributed by atoms with Crippen LogP contribution in [0.4, 0.5) is 5.82 Å². The largest absolute Gasteiger partial charge is 0.368 e. The smallest absolute Gasteiger partial charge is 0.156 e. The molecule has 1 heterocycles. The van der Waals surface area contributed by atoms with Gasteiger partial charge in [-0.15, -0.1) is 5.10 Å². The summed E-state index contributed by atoms with van der Waals surface area (Å²) < 4.78 is 0. The number of fused-ring (bicyclic) bond motifs is 1. The Morgan fingerprint density at radius 2 is 1.72 bits per heavy atom. The summed E-state index contributed by atoms with van der Waals surface area (Å²) in [7, 11) is 0. The lowest BCUT2D eigenvalue weighted by molar-refractivity contribution is 0.518. The number of nitrogens with one attached hydrogen (secondary N) is 1. The van der Waals surface area contributed by atoms with E-state index in [1.807, 2.05) is 19.1 Å². The molecule has 0 aliphatic rings. The third-order valence-electron chi connectivity index (χ3n) is 3.58. The molecule has 3 nitrogen and oxygen atoms in total. The van der Waals surface area contributed by atoms with E-state index >= 15 is 0 Å². The van der Waals surface area contributed by atoms with Crippen LogP contribution in [0.25, 0.3) is 10.8 Å². The highest BCUT2D eigenvalue weighted by molar-refractivity contribution is 5.92. The van der Waals surface area contributed by atoms with Crippen LogP contribution < -0.4 is 5.32 Å². The number of hydrogen-bond donors (Lipinski definition) is 1. The van der Waals surface area contributed by atoms with Gasteiger partial charge in [-0.1, -0.05) is 51.0 Å². The normalized spacial score (nSPS) is 11.1. The van der Waals surface area contributed by atoms with Crippen molar-refractivity contribution >= 4 is 16.6 Å². The predicted octanol–water partition coefficient (Wildman–Crippen LogP) is 3.79. The van der Waals surface area contributed by atoms with Gasteiger partial charge in [0.05, 0.1) is 5.69 Å². The maximum atomic E-state index is 4.29. The first kappa shape index (κ1) is 12.8. The van der Waals surface area contributed by atoms with Crippen LogP contribution in [0.5, 0.6) is 0 Å². The zero-order chi connectivity index (χ0) is 13.0. The summed E-state index contributed by atoms with van der Waals surface area (Å²) in [6, 6.07) is 8.29. The molecule has 1 aromatic carbocycles. The highest BCUT2D eigenvalue weighted by Gasteiger charge is 2.08. The molecule has 96 valence electrons. The summed E-state index contributed by atoms with van der Waals surface area (Å²) in [6.45, 7) is 7.43. The van der Waals surface area contributed by atoms with Gasteiger partial charge in [-0.2, -0.15) is 5.10 Å². The Balaban J connectivity index is 2.26. The minimum Gasteiger partial charge on any atom is -0.368 e. The van der Waals surface area contributed by atoms with Crippen molar-refractivity contribution in [2.45, 2.75) is 33.6 Å². The summed E-state index contributed by atoms with van der Waals surface area (Å²) >= 11 is 0. The van der Waals surface area contributed by atoms with E-state index in [-0.39, 0.29) is 0 Å². The lowest BCUT2D eigenvalue weighted by Crippen LogP contribution is -2.14. The fourth-order valence-corrected chi connectivity index (χ4v) is 2.19. The van der Waals surface area contributed by atoms with Gasteiger partial charge < -0.3 is 5.32 Å². The first-order chi connectivity index (χ1) is 8.76. The van der Waals surface area contributed by atoms with Crippen molar-refractivity contribution in [3.05, 3.63) is 30.0 Å². The molecule has 0 atom stereocenters. The molecule has 0 saturated heterocycles. The van der Waals surface area contributed by atoms with E-state index < -0.39 is 0 Å². The zero-order valence-electron chi connectivity index (χ0n) is 11.4. The van der Waals surface area contributed by atoms with E-state index in [0.29, 0.717) is 5.92 Å². The summed E-state index contributed by atoms with van der Waals surface area (Å²) in [5, 5.41) is 14.3. The van der Waals surface area contributed by atoms with Crippen LogP contribution in [-0.2, 0) is 0 Å². The molecule has 1 N–H and O–H groups in total. The molecule has 0 spiro atoms. The van der Waals surface area contributed by atoms with Crippen molar-refractivity contribution < 1.29 is 0 Å². The second-order valence-electron chi connectivity index (χ2n) is 4.74. The average molecular weight is 243 g/mol. The minimum absolute atomic E-state index is 0.701. The number of aryl methyl sites for hydroxylation is 1. The fraction of sp³-hybridized carbons (Fsp3) is 0.467. The van der Waals surface area contributed by atoms with E-state index in [1.165, 1.54) is 18.2 Å². The highest BCUT2D eigenvalue weighted by Crippen LogP contribution is 2.22. The summed E-state index contributed by atoms with van der Waals surface area (Å²) in [5.41, 5.74) is 0.985. The molecule has 0 aliphatic carbocycles. The molecular weight excluding hydrogens is 222 g/mol. The molecule has 0 fully saturated rings. The SMILES string of the molecule is CCC(CC)CNc1nnc(C)c2ccccc12. The summed E-state index contributed by atoms with van der Waals surface area (Å²) in [4.78, 5) is 0. The van der Waals surface area contributed by atoms with Crippen molar-refractivity contribution in [3.8, 4) is 0 Å². The molecule has 0 bridgehead atoms. The lowest BCUT2D eigenvalue weighted by Gasteiger charge is -2.15. The minimum atomic E-state index is 0.701. The second-order valence-corrected chi connectivity index (χ2v) is 4.74. The van der Waals surface area contributed by atoms with Crippen molar-refractivity contribution in [1.82, 2.24) is 10.2 Å². The third-order valence-corrected chi connectivity index (χ3v) is 3.58. The molecule has 0 amide bonds. The average Bonchev–Trinajstić information content (AvgIpc) is 2.42. The number of hydrogen-bond acceptors (Lipinski definition) is 3. The van der Waals surface area contributed by atoms with Crippen LogP contribution in [0, 0.1) is 12.8 Å². The van der Waals surface area contributed by atoms with Crippen LogP contribution >= 0.6 is 0 Å². The molecule has 0 aliphatic heterocycles. The fourth-order valence-electron chi connectivity index (χ4n) is 2.19. The van der Waals surface area contributed by atoms with Gasteiger partial charge in [0.15, 0.2) is 5.82 Å². The van der Waals surface area contributed by atoms with Crippen molar-refractivity contribution in [1.29, 1.82) is 0 Å². The van der Waals surface area contributed by atoms with Gasteiger partial charge in [-0.3, -0.25) is 0 Å². The van der Waals surface area contributed by atoms with E-state index in [1.54, 1.807) is 0 Å². The molecule has 0 saturated carbocycles. The van der Waals surface area contributed by atoms with Crippen LogP contribution in [0.15, 0.2) is 24.3 Å². The van der Waals surface area contributed by atoms with Crippen LogP contribution in [0.3, 0.4) is 0 Å². The summed E-state index contributed by atoms with van der Waals surface area (Å²) in [5.74, 6) is 1.61. The van der Waals surface area contributed by atoms with Gasteiger partial charge in [-0.25, -0.2) is 0 Å². The Morgan fingerprint density at radius 3 is 2.39 bits per heavy atom. The van der Waals surface area contributed by atoms with Crippen molar-refractivity contribution in [2.24, 2.45) is 5.92 Å². The maximum absolute atomic E-state index is 4.29. The third kappa shape index (κ3) is 2.61. The van der Waals surface area contributed by atoms with Crippen LogP contribution in [0.2, 0.25) is 0 Å². The van der Waals surface area contributed by atoms with Gasteiger partial charge >= 0.3 is 0 Å². The number of rotatable bonds is 5. The molecule has 0 unspecified atom stereocenters. The van der Waals surface area contributed by atoms with E-state index in [2.05, 4.69) is 41.5 Å². The van der Waals surface area contributed by atoms with Gasteiger partial charge in [-0.05, 0) is 12.8 Å². The monoisotopic (exact) mass is 243 g/mol. The van der Waals surface area contributed by atoms with Crippen LogP contribution in [0.1, 0.15) is 32.4 Å². The Kier molecular flexibility index (Phi) is 4.13. The Hall–Kier alpha value is -1.64. The second kappa shape index (κ2) is 5.80. The van der Waals surface area contributed by atoms with Gasteiger partial charge in [0.2, 0.25) is 0 Å². The number of aromatic nitrogens is 2. The van der Waals surface area contributed by atoms with Crippen LogP contribution in [-0.4, -0.2) is 16.7 Å². The van der Waals surface area contributed by atoms with E-state index in [9.17, 15) is 0 Å². The quantitative estimate of drug-likeness (QED) is 0.868. The number of nitrogens with zero attached hydrogens (tertiary/aromatic N) is 2. The zero-order valence-corrected chi connectivity index (χ0v) is 11.4. The van der Waals surface area contributed by atoms with E-state index in [0.717, 1.165) is 23.4 Å². The standard InChI is InChI=1S/C15H21N3/c1-4-12(5-2)10-16-15-14-9-7-6-8-13(14)11(3)17-18-15/h6-9,12H,4-5,10H2,1-3H3,(H,16,18). The maximum Gasteiger partial charge on any atom is 0.156 e. The Bertz CT molecular complexity index is 518. The first-order valence-corrected chi connectivity index (χ1v) is 6.72. The lowest BCUT2D eigenvalue weighted by atomic mass is 10.0. The number of benzene rings is 1. The Labute approximate surface area is 109 Å². The topological polar surface area (TPSA) is 37.8 Å². The molecule has 0 radical (unpaired) electrons. The van der Waals surface area contributed by atoms with E-state index in [4.69, 9.17) is 0 Å². The van der Waals surface area contributed by atoms with Crippen molar-refractivity contribution in [3.63, 3.8) is 0 Å². The predicted molar refractivity (Wildman–Crippen MR) is 76.8 cm³/mol. The molecule has 2 rings (SSSR count). The highest BCUT2D eigenvalue weighted by atomic mass is 15.2. The molecule has 2 aromatic rings. The van der Waals surface area contributed by atoms with Gasteiger partial charge in [0, 0.05) is 17.3 Å². The molecule has 18 heavy (non-hydrogen) atoms. The summed E-state index contributed by atoms with van der Waals surface area (Å²) in [6.07, 6.45) is 2.39. The first-order valence-electron chi connectivity index (χ1n) is 6.72. The van der Waals surface area contributed by atoms with Crippen molar-refractivity contribution in [2.75, 3.05) is 11.9 Å². The van der Waals surface area contributed by atoms with Gasteiger partial charge in [0.1, 0.15) is 0 Å².